The molecule has 3 atom stereocenters. The Kier molecular flexibility index (Phi) is 3.85. The van der Waals surface area contributed by atoms with Gasteiger partial charge >= 0.3 is 0 Å². The summed E-state index contributed by atoms with van der Waals surface area (Å²) >= 11 is 0. The van der Waals surface area contributed by atoms with Crippen molar-refractivity contribution in [3.05, 3.63) is 0 Å². The highest BCUT2D eigenvalue weighted by Crippen LogP contribution is 2.54. The molecule has 0 saturated heterocycles. The van der Waals surface area contributed by atoms with Crippen LogP contribution in [0, 0.1) is 23.7 Å². The summed E-state index contributed by atoms with van der Waals surface area (Å²) in [5.41, 5.74) is 5.54. The summed E-state index contributed by atoms with van der Waals surface area (Å²) in [6, 6.07) is 0. The summed E-state index contributed by atoms with van der Waals surface area (Å²) in [5.74, 6) is 2.95. The maximum atomic E-state index is 11.9. The van der Waals surface area contributed by atoms with E-state index in [1.165, 1.54) is 6.42 Å². The van der Waals surface area contributed by atoms with Crippen molar-refractivity contribution in [1.29, 1.82) is 0 Å². The van der Waals surface area contributed by atoms with Crippen molar-refractivity contribution in [3.8, 4) is 0 Å². The van der Waals surface area contributed by atoms with Crippen LogP contribution < -0.4 is 11.1 Å². The third-order valence-electron chi connectivity index (χ3n) is 4.33. The topological polar surface area (TPSA) is 55.1 Å². The Balaban J connectivity index is 1.66. The van der Waals surface area contributed by atoms with Crippen molar-refractivity contribution in [1.82, 2.24) is 5.32 Å². The molecule has 92 valence electrons. The zero-order valence-electron chi connectivity index (χ0n) is 10.2. The standard InChI is InChI=1S/C13H24N2O/c1-2-9(3-4-14)8-15-13(16)12-6-10-5-11(10)7-12/h9-12H,2-8,14H2,1H3,(H,15,16). The first-order valence-electron chi connectivity index (χ1n) is 6.72. The molecule has 0 heterocycles. The van der Waals surface area contributed by atoms with Gasteiger partial charge in [-0.15, -0.1) is 0 Å². The number of hydrogen-bond donors (Lipinski definition) is 2. The lowest BCUT2D eigenvalue weighted by Gasteiger charge is -2.17. The van der Waals surface area contributed by atoms with E-state index < -0.39 is 0 Å². The lowest BCUT2D eigenvalue weighted by atomic mass is 10.00. The SMILES string of the molecule is CCC(CCN)CNC(=O)C1CC2CC2C1. The second-order valence-electron chi connectivity index (χ2n) is 5.52. The van der Waals surface area contributed by atoms with Gasteiger partial charge in [-0.2, -0.15) is 0 Å². The van der Waals surface area contributed by atoms with Crippen LogP contribution in [-0.2, 0) is 4.79 Å². The Bertz CT molecular complexity index is 244. The maximum Gasteiger partial charge on any atom is 0.223 e. The van der Waals surface area contributed by atoms with E-state index in [0.29, 0.717) is 17.7 Å². The van der Waals surface area contributed by atoms with Crippen molar-refractivity contribution in [3.63, 3.8) is 0 Å². The van der Waals surface area contributed by atoms with E-state index >= 15 is 0 Å². The molecule has 3 unspecified atom stereocenters. The predicted molar refractivity (Wildman–Crippen MR) is 64.8 cm³/mol. The van der Waals surface area contributed by atoms with Gasteiger partial charge < -0.3 is 11.1 Å². The molecule has 0 bridgehead atoms. The zero-order chi connectivity index (χ0) is 11.5. The lowest BCUT2D eigenvalue weighted by Crippen LogP contribution is -2.34. The summed E-state index contributed by atoms with van der Waals surface area (Å²) < 4.78 is 0. The molecular formula is C13H24N2O. The fraction of sp³-hybridized carbons (Fsp3) is 0.923. The summed E-state index contributed by atoms with van der Waals surface area (Å²) in [6.45, 7) is 3.71. The van der Waals surface area contributed by atoms with Gasteiger partial charge in [0.2, 0.25) is 5.91 Å². The number of nitrogens with two attached hydrogens (primary N) is 1. The molecule has 0 aromatic rings. The highest BCUT2D eigenvalue weighted by Gasteiger charge is 2.47. The van der Waals surface area contributed by atoms with Crippen LogP contribution in [0.5, 0.6) is 0 Å². The van der Waals surface area contributed by atoms with E-state index in [-0.39, 0.29) is 0 Å². The van der Waals surface area contributed by atoms with Gasteiger partial charge in [-0.25, -0.2) is 0 Å². The Hall–Kier alpha value is -0.570. The van der Waals surface area contributed by atoms with Gasteiger partial charge in [-0.1, -0.05) is 13.3 Å². The smallest absolute Gasteiger partial charge is 0.223 e. The van der Waals surface area contributed by atoms with Crippen molar-refractivity contribution in [2.75, 3.05) is 13.1 Å². The average Bonchev–Trinajstić information content (AvgIpc) is 2.91. The van der Waals surface area contributed by atoms with Gasteiger partial charge in [0.15, 0.2) is 0 Å². The third-order valence-corrected chi connectivity index (χ3v) is 4.33. The first kappa shape index (κ1) is 11.9. The molecule has 16 heavy (non-hydrogen) atoms. The lowest BCUT2D eigenvalue weighted by molar-refractivity contribution is -0.125. The molecule has 2 aliphatic rings. The first-order valence-corrected chi connectivity index (χ1v) is 6.72. The van der Waals surface area contributed by atoms with E-state index in [2.05, 4.69) is 12.2 Å². The molecular weight excluding hydrogens is 200 g/mol. The van der Waals surface area contributed by atoms with Gasteiger partial charge in [0.1, 0.15) is 0 Å². The minimum absolute atomic E-state index is 0.294. The van der Waals surface area contributed by atoms with E-state index in [1.807, 2.05) is 0 Å². The number of rotatable bonds is 6. The molecule has 2 fully saturated rings. The largest absolute Gasteiger partial charge is 0.356 e. The molecule has 0 radical (unpaired) electrons. The van der Waals surface area contributed by atoms with Crippen LogP contribution in [0.3, 0.4) is 0 Å². The Morgan fingerprint density at radius 3 is 2.62 bits per heavy atom. The molecule has 0 aromatic carbocycles. The van der Waals surface area contributed by atoms with Gasteiger partial charge in [0.05, 0.1) is 0 Å². The molecule has 2 saturated carbocycles. The highest BCUT2D eigenvalue weighted by molar-refractivity contribution is 5.79. The molecule has 3 heteroatoms. The van der Waals surface area contributed by atoms with Gasteiger partial charge in [0, 0.05) is 12.5 Å². The van der Waals surface area contributed by atoms with Crippen LogP contribution in [0.15, 0.2) is 0 Å². The van der Waals surface area contributed by atoms with E-state index in [1.54, 1.807) is 0 Å². The van der Waals surface area contributed by atoms with Crippen LogP contribution in [-0.4, -0.2) is 19.0 Å². The summed E-state index contributed by atoms with van der Waals surface area (Å²) in [4.78, 5) is 11.9. The summed E-state index contributed by atoms with van der Waals surface area (Å²) in [5, 5.41) is 3.11. The Labute approximate surface area is 98.2 Å². The fourth-order valence-electron chi connectivity index (χ4n) is 3.00. The van der Waals surface area contributed by atoms with Crippen LogP contribution >= 0.6 is 0 Å². The molecule has 0 aliphatic heterocycles. The van der Waals surface area contributed by atoms with Crippen molar-refractivity contribution in [2.45, 2.75) is 39.0 Å². The van der Waals surface area contributed by atoms with Crippen LogP contribution in [0.25, 0.3) is 0 Å². The fourth-order valence-corrected chi connectivity index (χ4v) is 3.00. The number of carbonyl (C=O) groups is 1. The quantitative estimate of drug-likeness (QED) is 0.719. The Morgan fingerprint density at radius 2 is 2.06 bits per heavy atom. The van der Waals surface area contributed by atoms with Crippen LogP contribution in [0.2, 0.25) is 0 Å². The van der Waals surface area contributed by atoms with E-state index in [9.17, 15) is 4.79 Å². The number of amides is 1. The molecule has 1 amide bonds. The van der Waals surface area contributed by atoms with E-state index in [0.717, 1.165) is 50.6 Å². The molecule has 0 aromatic heterocycles. The maximum absolute atomic E-state index is 11.9. The second-order valence-corrected chi connectivity index (χ2v) is 5.52. The van der Waals surface area contributed by atoms with Crippen LogP contribution in [0.1, 0.15) is 39.0 Å². The third kappa shape index (κ3) is 2.76. The van der Waals surface area contributed by atoms with Crippen molar-refractivity contribution in [2.24, 2.45) is 29.4 Å². The second kappa shape index (κ2) is 5.17. The number of carbonyl (C=O) groups excluding carboxylic acids is 1. The zero-order valence-corrected chi connectivity index (χ0v) is 10.2. The monoisotopic (exact) mass is 224 g/mol. The molecule has 3 N–H and O–H groups in total. The average molecular weight is 224 g/mol. The van der Waals surface area contributed by atoms with E-state index in [4.69, 9.17) is 5.73 Å². The van der Waals surface area contributed by atoms with Crippen LogP contribution in [0.4, 0.5) is 0 Å². The molecule has 2 aliphatic carbocycles. The van der Waals surface area contributed by atoms with Gasteiger partial charge in [-0.3, -0.25) is 4.79 Å². The molecule has 0 spiro atoms. The first-order chi connectivity index (χ1) is 7.74. The number of nitrogens with one attached hydrogen (secondary N) is 1. The Morgan fingerprint density at radius 1 is 1.38 bits per heavy atom. The highest BCUT2D eigenvalue weighted by atomic mass is 16.1. The van der Waals surface area contributed by atoms with Gasteiger partial charge in [0.25, 0.3) is 0 Å². The van der Waals surface area contributed by atoms with Gasteiger partial charge in [-0.05, 0) is 50.0 Å². The van der Waals surface area contributed by atoms with Crippen molar-refractivity contribution >= 4 is 5.91 Å². The molecule has 2 rings (SSSR count). The van der Waals surface area contributed by atoms with Crippen molar-refractivity contribution < 1.29 is 4.79 Å². The normalized spacial score (nSPS) is 33.2. The predicted octanol–water partition coefficient (Wildman–Crippen LogP) is 1.52. The summed E-state index contributed by atoms with van der Waals surface area (Å²) in [7, 11) is 0. The minimum atomic E-state index is 0.294. The molecule has 3 nitrogen and oxygen atoms in total. The number of fused-ring (bicyclic) bond motifs is 1. The number of hydrogen-bond acceptors (Lipinski definition) is 2. The minimum Gasteiger partial charge on any atom is -0.356 e. The summed E-state index contributed by atoms with van der Waals surface area (Å²) in [6.07, 6.45) is 5.79.